The maximum Gasteiger partial charge on any atom is 0.325 e. The number of aliphatic carboxylic acids is 1. The zero-order chi connectivity index (χ0) is 10.9. The van der Waals surface area contributed by atoms with E-state index in [9.17, 15) is 9.90 Å². The molecule has 2 saturated heterocycles. The van der Waals surface area contributed by atoms with Crippen molar-refractivity contribution in [1.82, 2.24) is 4.90 Å². The Kier molecular flexibility index (Phi) is 3.26. The zero-order valence-electron chi connectivity index (χ0n) is 9.24. The van der Waals surface area contributed by atoms with E-state index in [1.807, 2.05) is 0 Å². The predicted molar refractivity (Wildman–Crippen MR) is 62.3 cm³/mol. The molecule has 2 aliphatic rings. The minimum Gasteiger partial charge on any atom is -0.480 e. The third-order valence-electron chi connectivity index (χ3n) is 3.59. The lowest BCUT2D eigenvalue weighted by atomic mass is 9.91. The molecule has 0 aromatic rings. The molecule has 0 radical (unpaired) electrons. The maximum atomic E-state index is 11.5. The van der Waals surface area contributed by atoms with Crippen molar-refractivity contribution in [3.8, 4) is 0 Å². The summed E-state index contributed by atoms with van der Waals surface area (Å²) in [6.07, 6.45) is 4.39. The van der Waals surface area contributed by atoms with Crippen LogP contribution < -0.4 is 0 Å². The average molecular weight is 229 g/mol. The van der Waals surface area contributed by atoms with Gasteiger partial charge in [0.25, 0.3) is 0 Å². The molecule has 2 rings (SSSR count). The quantitative estimate of drug-likeness (QED) is 0.784. The van der Waals surface area contributed by atoms with E-state index in [-0.39, 0.29) is 0 Å². The van der Waals surface area contributed by atoms with E-state index in [2.05, 4.69) is 11.8 Å². The lowest BCUT2D eigenvalue weighted by Crippen LogP contribution is -2.56. The smallest absolute Gasteiger partial charge is 0.325 e. The molecule has 0 aromatic carbocycles. The third-order valence-corrected chi connectivity index (χ3v) is 4.97. The summed E-state index contributed by atoms with van der Waals surface area (Å²) in [6, 6.07) is 0. The number of likely N-dealkylation sites (tertiary alicyclic amines) is 1. The highest BCUT2D eigenvalue weighted by molar-refractivity contribution is 8.00. The first-order valence-corrected chi connectivity index (χ1v) is 6.80. The Labute approximate surface area is 95.2 Å². The van der Waals surface area contributed by atoms with E-state index < -0.39 is 11.5 Å². The van der Waals surface area contributed by atoms with Crippen molar-refractivity contribution < 1.29 is 9.90 Å². The molecule has 0 saturated carbocycles. The van der Waals surface area contributed by atoms with E-state index >= 15 is 0 Å². The molecule has 3 nitrogen and oxygen atoms in total. The van der Waals surface area contributed by atoms with Gasteiger partial charge in [-0.3, -0.25) is 9.69 Å². The van der Waals surface area contributed by atoms with Gasteiger partial charge in [-0.2, -0.15) is 11.8 Å². The molecule has 2 heterocycles. The van der Waals surface area contributed by atoms with Crippen molar-refractivity contribution in [2.45, 2.75) is 43.4 Å². The zero-order valence-corrected chi connectivity index (χ0v) is 10.1. The fraction of sp³-hybridized carbons (Fsp3) is 0.909. The van der Waals surface area contributed by atoms with Crippen LogP contribution in [0.5, 0.6) is 0 Å². The predicted octanol–water partition coefficient (Wildman–Crippen LogP) is 1.82. The Hall–Kier alpha value is -0.220. The Balaban J connectivity index is 2.14. The SMILES string of the molecule is CC1CC(C(=O)O)(N2CCCCC2)CS1. The van der Waals surface area contributed by atoms with Crippen molar-refractivity contribution in [3.05, 3.63) is 0 Å². The summed E-state index contributed by atoms with van der Waals surface area (Å²) >= 11 is 1.80. The number of hydrogen-bond donors (Lipinski definition) is 1. The molecule has 15 heavy (non-hydrogen) atoms. The molecule has 86 valence electrons. The molecule has 2 aliphatic heterocycles. The monoisotopic (exact) mass is 229 g/mol. The fourth-order valence-electron chi connectivity index (χ4n) is 2.70. The first-order valence-electron chi connectivity index (χ1n) is 5.75. The second kappa shape index (κ2) is 4.34. The van der Waals surface area contributed by atoms with Gasteiger partial charge in [0.15, 0.2) is 0 Å². The standard InChI is InChI=1S/C11H19NO2S/c1-9-7-11(8-15-9,10(13)14)12-5-3-2-4-6-12/h9H,2-8H2,1H3,(H,13,14). The van der Waals surface area contributed by atoms with E-state index in [1.165, 1.54) is 6.42 Å². The van der Waals surface area contributed by atoms with Crippen LogP contribution in [0.2, 0.25) is 0 Å². The number of rotatable bonds is 2. The van der Waals surface area contributed by atoms with Crippen molar-refractivity contribution >= 4 is 17.7 Å². The molecule has 2 atom stereocenters. The molecule has 4 heteroatoms. The van der Waals surface area contributed by atoms with Gasteiger partial charge in [-0.1, -0.05) is 13.3 Å². The molecular weight excluding hydrogens is 210 g/mol. The number of carboxylic acids is 1. The summed E-state index contributed by atoms with van der Waals surface area (Å²) in [5.41, 5.74) is -0.551. The molecule has 0 aromatic heterocycles. The minimum atomic E-state index is -0.610. The van der Waals surface area contributed by atoms with Crippen molar-refractivity contribution in [1.29, 1.82) is 0 Å². The first kappa shape index (κ1) is 11.3. The molecule has 0 spiro atoms. The van der Waals surface area contributed by atoms with Gasteiger partial charge >= 0.3 is 5.97 Å². The largest absolute Gasteiger partial charge is 0.480 e. The summed E-state index contributed by atoms with van der Waals surface area (Å²) in [5.74, 6) is 0.157. The van der Waals surface area contributed by atoms with Crippen LogP contribution in [-0.2, 0) is 4.79 Å². The lowest BCUT2D eigenvalue weighted by molar-refractivity contribution is -0.150. The van der Waals surface area contributed by atoms with Crippen LogP contribution in [-0.4, -0.2) is 45.6 Å². The Morgan fingerprint density at radius 3 is 2.53 bits per heavy atom. The number of nitrogens with zero attached hydrogens (tertiary/aromatic N) is 1. The highest BCUT2D eigenvalue weighted by Gasteiger charge is 2.49. The van der Waals surface area contributed by atoms with E-state index in [0.29, 0.717) is 5.25 Å². The highest BCUT2D eigenvalue weighted by atomic mass is 32.2. The van der Waals surface area contributed by atoms with E-state index in [0.717, 1.165) is 38.1 Å². The second-order valence-electron chi connectivity index (χ2n) is 4.71. The number of carbonyl (C=O) groups is 1. The fourth-order valence-corrected chi connectivity index (χ4v) is 4.08. The Morgan fingerprint density at radius 2 is 2.07 bits per heavy atom. The average Bonchev–Trinajstić information content (AvgIpc) is 2.63. The van der Waals surface area contributed by atoms with Gasteiger partial charge in [-0.25, -0.2) is 0 Å². The van der Waals surface area contributed by atoms with Crippen molar-refractivity contribution in [3.63, 3.8) is 0 Å². The molecule has 0 aliphatic carbocycles. The van der Waals surface area contributed by atoms with Crippen molar-refractivity contribution in [2.75, 3.05) is 18.8 Å². The minimum absolute atomic E-state index is 0.489. The molecule has 1 N–H and O–H groups in total. The summed E-state index contributed by atoms with van der Waals surface area (Å²) in [4.78, 5) is 13.7. The van der Waals surface area contributed by atoms with E-state index in [4.69, 9.17) is 0 Å². The first-order chi connectivity index (χ1) is 7.15. The lowest BCUT2D eigenvalue weighted by Gasteiger charge is -2.39. The van der Waals surface area contributed by atoms with Gasteiger partial charge < -0.3 is 5.11 Å². The Bertz CT molecular complexity index is 253. The number of piperidine rings is 1. The van der Waals surface area contributed by atoms with Gasteiger partial charge in [0, 0.05) is 11.0 Å². The number of thioether (sulfide) groups is 1. The normalized spacial score (nSPS) is 38.1. The van der Waals surface area contributed by atoms with Crippen LogP contribution in [0.15, 0.2) is 0 Å². The number of carboxylic acid groups (broad SMARTS) is 1. The van der Waals surface area contributed by atoms with Gasteiger partial charge in [0.05, 0.1) is 0 Å². The van der Waals surface area contributed by atoms with Crippen LogP contribution in [0.1, 0.15) is 32.6 Å². The molecular formula is C11H19NO2S. The van der Waals surface area contributed by atoms with Crippen LogP contribution in [0.25, 0.3) is 0 Å². The third kappa shape index (κ3) is 2.02. The topological polar surface area (TPSA) is 40.5 Å². The highest BCUT2D eigenvalue weighted by Crippen LogP contribution is 2.39. The van der Waals surface area contributed by atoms with Gasteiger partial charge in [0.2, 0.25) is 0 Å². The summed E-state index contributed by atoms with van der Waals surface area (Å²) < 4.78 is 0. The molecule has 2 unspecified atom stereocenters. The van der Waals surface area contributed by atoms with Crippen LogP contribution in [0.3, 0.4) is 0 Å². The Morgan fingerprint density at radius 1 is 1.40 bits per heavy atom. The van der Waals surface area contributed by atoms with Crippen LogP contribution in [0.4, 0.5) is 0 Å². The molecule has 0 bridgehead atoms. The van der Waals surface area contributed by atoms with Crippen molar-refractivity contribution in [2.24, 2.45) is 0 Å². The van der Waals surface area contributed by atoms with Crippen LogP contribution >= 0.6 is 11.8 Å². The number of hydrogen-bond acceptors (Lipinski definition) is 3. The molecule has 2 fully saturated rings. The maximum absolute atomic E-state index is 11.5. The summed E-state index contributed by atoms with van der Waals surface area (Å²) in [6.45, 7) is 4.08. The van der Waals surface area contributed by atoms with Gasteiger partial charge in [-0.15, -0.1) is 0 Å². The summed E-state index contributed by atoms with van der Waals surface area (Å²) in [5, 5.41) is 9.97. The van der Waals surface area contributed by atoms with E-state index in [1.54, 1.807) is 11.8 Å². The van der Waals surface area contributed by atoms with Crippen LogP contribution in [0, 0.1) is 0 Å². The van der Waals surface area contributed by atoms with Gasteiger partial charge in [-0.05, 0) is 32.4 Å². The second-order valence-corrected chi connectivity index (χ2v) is 6.14. The summed E-state index contributed by atoms with van der Waals surface area (Å²) in [7, 11) is 0. The van der Waals surface area contributed by atoms with Gasteiger partial charge in [0.1, 0.15) is 5.54 Å². The molecule has 0 amide bonds.